The molecule has 0 atom stereocenters. The molecular formula is C22H23N3O4S2. The molecule has 162 valence electrons. The lowest BCUT2D eigenvalue weighted by atomic mass is 9.97. The summed E-state index contributed by atoms with van der Waals surface area (Å²) in [5, 5.41) is 4.08. The summed E-state index contributed by atoms with van der Waals surface area (Å²) >= 11 is 2.84. The van der Waals surface area contributed by atoms with Crippen LogP contribution in [0.3, 0.4) is 0 Å². The number of ether oxygens (including phenoxy) is 1. The van der Waals surface area contributed by atoms with Crippen molar-refractivity contribution in [3.63, 3.8) is 0 Å². The van der Waals surface area contributed by atoms with Crippen LogP contribution in [0.2, 0.25) is 0 Å². The van der Waals surface area contributed by atoms with E-state index in [-0.39, 0.29) is 17.2 Å². The average Bonchev–Trinajstić information content (AvgIpc) is 3.14. The Balaban J connectivity index is 1.44. The highest BCUT2D eigenvalue weighted by atomic mass is 32.2. The number of rotatable bonds is 6. The summed E-state index contributed by atoms with van der Waals surface area (Å²) in [5.74, 6) is -0.487. The number of carbonyl (C=O) groups excluding carboxylic acids is 2. The van der Waals surface area contributed by atoms with E-state index in [2.05, 4.69) is 10.3 Å². The number of nitrogens with one attached hydrogen (secondary N) is 1. The van der Waals surface area contributed by atoms with Gasteiger partial charge in [-0.1, -0.05) is 11.8 Å². The number of hydrogen-bond acceptors (Lipinski definition) is 7. The van der Waals surface area contributed by atoms with Crippen LogP contribution in [0.1, 0.15) is 40.6 Å². The monoisotopic (exact) mass is 457 g/mol. The fraction of sp³-hybridized carbons (Fsp3) is 0.364. The van der Waals surface area contributed by atoms with Crippen LogP contribution in [0.5, 0.6) is 0 Å². The molecule has 4 rings (SSSR count). The third kappa shape index (κ3) is 4.52. The zero-order valence-electron chi connectivity index (χ0n) is 17.4. The van der Waals surface area contributed by atoms with Gasteiger partial charge in [0.1, 0.15) is 4.83 Å². The average molecular weight is 458 g/mol. The van der Waals surface area contributed by atoms with Crippen molar-refractivity contribution in [2.24, 2.45) is 7.05 Å². The molecule has 0 saturated carbocycles. The molecule has 0 radical (unpaired) electrons. The highest BCUT2D eigenvalue weighted by molar-refractivity contribution is 7.99. The second-order valence-electron chi connectivity index (χ2n) is 7.28. The van der Waals surface area contributed by atoms with Gasteiger partial charge in [-0.3, -0.25) is 14.2 Å². The number of hydrogen-bond donors (Lipinski definition) is 1. The first-order valence-corrected chi connectivity index (χ1v) is 12.0. The van der Waals surface area contributed by atoms with Crippen molar-refractivity contribution < 1.29 is 14.3 Å². The van der Waals surface area contributed by atoms with Crippen LogP contribution in [-0.4, -0.2) is 33.8 Å². The Kier molecular flexibility index (Phi) is 6.43. The standard InChI is InChI=1S/C22H23N3O4S2/c1-3-29-21(28)13-8-10-14(11-9-13)23-17(26)12-30-22-24-19-18(20(27)25(22)2)15-6-4-5-7-16(15)31-19/h8-11H,3-7,12H2,1-2H3,(H,23,26). The molecule has 2 heterocycles. The van der Waals surface area contributed by atoms with Gasteiger partial charge in [0.15, 0.2) is 5.16 Å². The molecule has 9 heteroatoms. The third-order valence-corrected chi connectivity index (χ3v) is 7.38. The first kappa shape index (κ1) is 21.6. The van der Waals surface area contributed by atoms with Gasteiger partial charge in [0, 0.05) is 17.6 Å². The van der Waals surface area contributed by atoms with Crippen LogP contribution in [0, 0.1) is 0 Å². The first-order valence-electron chi connectivity index (χ1n) is 10.2. The van der Waals surface area contributed by atoms with Crippen molar-refractivity contribution in [3.05, 3.63) is 50.6 Å². The SMILES string of the molecule is CCOC(=O)c1ccc(NC(=O)CSc2nc3sc4c(c3c(=O)n2C)CCCC4)cc1. The quantitative estimate of drug-likeness (QED) is 0.344. The lowest BCUT2D eigenvalue weighted by molar-refractivity contribution is -0.113. The molecule has 1 aliphatic rings. The molecule has 0 bridgehead atoms. The van der Waals surface area contributed by atoms with Gasteiger partial charge in [0.25, 0.3) is 5.56 Å². The van der Waals surface area contributed by atoms with E-state index >= 15 is 0 Å². The van der Waals surface area contributed by atoms with Gasteiger partial charge in [-0.05, 0) is 62.4 Å². The maximum atomic E-state index is 12.9. The van der Waals surface area contributed by atoms with Crippen LogP contribution < -0.4 is 10.9 Å². The topological polar surface area (TPSA) is 90.3 Å². The number of amides is 1. The number of nitrogens with zero attached hydrogens (tertiary/aromatic N) is 2. The summed E-state index contributed by atoms with van der Waals surface area (Å²) < 4.78 is 6.49. The molecule has 2 aromatic heterocycles. The van der Waals surface area contributed by atoms with Crippen molar-refractivity contribution in [1.82, 2.24) is 9.55 Å². The van der Waals surface area contributed by atoms with Crippen molar-refractivity contribution in [3.8, 4) is 0 Å². The van der Waals surface area contributed by atoms with Gasteiger partial charge in [0.2, 0.25) is 5.91 Å². The molecule has 3 aromatic rings. The first-order chi connectivity index (χ1) is 15.0. The Bertz CT molecular complexity index is 1200. The zero-order chi connectivity index (χ0) is 22.0. The predicted molar refractivity (Wildman–Crippen MR) is 123 cm³/mol. The van der Waals surface area contributed by atoms with Crippen molar-refractivity contribution in [2.75, 3.05) is 17.7 Å². The molecule has 0 aliphatic heterocycles. The number of thiophene rings is 1. The van der Waals surface area contributed by atoms with E-state index in [0.29, 0.717) is 23.0 Å². The lowest BCUT2D eigenvalue weighted by Crippen LogP contribution is -2.22. The number of aromatic nitrogens is 2. The zero-order valence-corrected chi connectivity index (χ0v) is 19.0. The number of carbonyl (C=O) groups is 2. The lowest BCUT2D eigenvalue weighted by Gasteiger charge is -2.11. The smallest absolute Gasteiger partial charge is 0.338 e. The van der Waals surface area contributed by atoms with Crippen LogP contribution in [0.25, 0.3) is 10.2 Å². The Morgan fingerprint density at radius 3 is 2.71 bits per heavy atom. The number of fused-ring (bicyclic) bond motifs is 3. The maximum Gasteiger partial charge on any atom is 0.338 e. The number of aryl methyl sites for hydroxylation is 2. The summed E-state index contributed by atoms with van der Waals surface area (Å²) in [4.78, 5) is 43.8. The molecule has 7 nitrogen and oxygen atoms in total. The fourth-order valence-corrected chi connectivity index (χ4v) is 5.70. The molecule has 1 aromatic carbocycles. The highest BCUT2D eigenvalue weighted by Crippen LogP contribution is 2.34. The van der Waals surface area contributed by atoms with E-state index in [1.54, 1.807) is 49.6 Å². The number of esters is 1. The molecular weight excluding hydrogens is 434 g/mol. The van der Waals surface area contributed by atoms with E-state index in [9.17, 15) is 14.4 Å². The summed E-state index contributed by atoms with van der Waals surface area (Å²) in [6.45, 7) is 2.06. The molecule has 0 fully saturated rings. The Morgan fingerprint density at radius 1 is 1.23 bits per heavy atom. The second-order valence-corrected chi connectivity index (χ2v) is 9.31. The van der Waals surface area contributed by atoms with Gasteiger partial charge >= 0.3 is 5.97 Å². The van der Waals surface area contributed by atoms with Gasteiger partial charge in [0.05, 0.1) is 23.3 Å². The van der Waals surface area contributed by atoms with E-state index in [1.807, 2.05) is 0 Å². The summed E-state index contributed by atoms with van der Waals surface area (Å²) in [7, 11) is 1.70. The minimum Gasteiger partial charge on any atom is -0.462 e. The molecule has 0 spiro atoms. The van der Waals surface area contributed by atoms with Gasteiger partial charge in [-0.15, -0.1) is 11.3 Å². The molecule has 0 saturated heterocycles. The Hall–Kier alpha value is -2.65. The third-order valence-electron chi connectivity index (χ3n) is 5.17. The van der Waals surface area contributed by atoms with E-state index < -0.39 is 5.97 Å². The number of benzene rings is 1. The molecule has 1 N–H and O–H groups in total. The van der Waals surface area contributed by atoms with Gasteiger partial charge in [-0.2, -0.15) is 0 Å². The van der Waals surface area contributed by atoms with E-state index in [1.165, 1.54) is 26.8 Å². The molecule has 0 unspecified atom stereocenters. The predicted octanol–water partition coefficient (Wildman–Crippen LogP) is 3.78. The van der Waals surface area contributed by atoms with Crippen LogP contribution in [0.4, 0.5) is 5.69 Å². The molecule has 31 heavy (non-hydrogen) atoms. The minimum absolute atomic E-state index is 0.0399. The summed E-state index contributed by atoms with van der Waals surface area (Å²) in [5.41, 5.74) is 2.14. The normalized spacial score (nSPS) is 13.1. The van der Waals surface area contributed by atoms with Crippen LogP contribution in [-0.2, 0) is 29.4 Å². The summed E-state index contributed by atoms with van der Waals surface area (Å²) in [6, 6.07) is 6.53. The van der Waals surface area contributed by atoms with Gasteiger partial charge < -0.3 is 10.1 Å². The number of anilines is 1. The largest absolute Gasteiger partial charge is 0.462 e. The van der Waals surface area contributed by atoms with E-state index in [0.717, 1.165) is 35.9 Å². The van der Waals surface area contributed by atoms with Crippen LogP contribution >= 0.6 is 23.1 Å². The number of thioether (sulfide) groups is 1. The highest BCUT2D eigenvalue weighted by Gasteiger charge is 2.21. The van der Waals surface area contributed by atoms with Crippen molar-refractivity contribution in [1.29, 1.82) is 0 Å². The Morgan fingerprint density at radius 2 is 1.97 bits per heavy atom. The summed E-state index contributed by atoms with van der Waals surface area (Å²) in [6.07, 6.45) is 4.22. The fourth-order valence-electron chi connectivity index (χ4n) is 3.63. The maximum absolute atomic E-state index is 12.9. The molecule has 1 aliphatic carbocycles. The second kappa shape index (κ2) is 9.23. The van der Waals surface area contributed by atoms with Crippen LogP contribution in [0.15, 0.2) is 34.2 Å². The van der Waals surface area contributed by atoms with Crippen molar-refractivity contribution in [2.45, 2.75) is 37.8 Å². The van der Waals surface area contributed by atoms with Gasteiger partial charge in [-0.25, -0.2) is 9.78 Å². The molecule has 1 amide bonds. The van der Waals surface area contributed by atoms with Crippen molar-refractivity contribution >= 4 is 50.9 Å². The Labute approximate surface area is 187 Å². The van der Waals surface area contributed by atoms with E-state index in [4.69, 9.17) is 4.74 Å². The minimum atomic E-state index is -0.395.